The van der Waals surface area contributed by atoms with Crippen LogP contribution in [0.25, 0.3) is 0 Å². The zero-order chi connectivity index (χ0) is 18.3. The first-order chi connectivity index (χ1) is 12.2. The Hall–Kier alpha value is -0.460. The lowest BCUT2D eigenvalue weighted by atomic mass is 10.0. The molecule has 0 saturated carbocycles. The molecular weight excluding hydrogens is 320 g/mol. The molecule has 0 radical (unpaired) electrons. The zero-order valence-corrected chi connectivity index (χ0v) is 15.8. The van der Waals surface area contributed by atoms with Gasteiger partial charge >= 0.3 is 0 Å². The number of aliphatic hydroxyl groups excluding tert-OH is 3. The van der Waals surface area contributed by atoms with E-state index in [9.17, 15) is 15.3 Å². The molecule has 1 aliphatic heterocycles. The van der Waals surface area contributed by atoms with E-state index in [4.69, 9.17) is 9.47 Å². The average Bonchev–Trinajstić information content (AvgIpc) is 2.61. The van der Waals surface area contributed by atoms with Crippen molar-refractivity contribution >= 4 is 0 Å². The van der Waals surface area contributed by atoms with Gasteiger partial charge < -0.3 is 24.8 Å². The van der Waals surface area contributed by atoms with Crippen LogP contribution in [-0.2, 0) is 9.47 Å². The second kappa shape index (κ2) is 14.7. The minimum Gasteiger partial charge on any atom is -0.388 e. The Morgan fingerprint density at radius 1 is 0.880 bits per heavy atom. The van der Waals surface area contributed by atoms with Gasteiger partial charge in [-0.1, -0.05) is 57.6 Å². The van der Waals surface area contributed by atoms with Crippen LogP contribution in [0.1, 0.15) is 71.1 Å². The maximum atomic E-state index is 9.79. The molecule has 1 saturated heterocycles. The lowest BCUT2D eigenvalue weighted by Gasteiger charge is -2.35. The summed E-state index contributed by atoms with van der Waals surface area (Å²) >= 11 is 0. The first-order valence-corrected chi connectivity index (χ1v) is 10.0. The van der Waals surface area contributed by atoms with Gasteiger partial charge in [0, 0.05) is 6.61 Å². The van der Waals surface area contributed by atoms with E-state index in [1.165, 1.54) is 51.4 Å². The second-order valence-corrected chi connectivity index (χ2v) is 7.02. The Bertz CT molecular complexity index is 334. The van der Waals surface area contributed by atoms with E-state index in [0.29, 0.717) is 6.61 Å². The van der Waals surface area contributed by atoms with Crippen LogP contribution in [0, 0.1) is 0 Å². The predicted octanol–water partition coefficient (Wildman–Crippen LogP) is 2.96. The molecular formula is C20H38O5. The summed E-state index contributed by atoms with van der Waals surface area (Å²) in [6.45, 7) is 3.17. The summed E-state index contributed by atoms with van der Waals surface area (Å²) in [5.74, 6) is 0. The number of hydrogen-bond acceptors (Lipinski definition) is 5. The molecule has 0 bridgehead atoms. The Labute approximate surface area is 153 Å². The molecule has 4 atom stereocenters. The highest BCUT2D eigenvalue weighted by Crippen LogP contribution is 2.16. The van der Waals surface area contributed by atoms with Gasteiger partial charge in [-0.25, -0.2) is 0 Å². The standard InChI is InChI=1S/C20H38O5/c1-2-3-4-5-6-7-8-9-10-11-12-13-14-24-16-18-20(23)19(22)17(21)15-25-18/h5-6,17-23H,2-4,7-16H2,1H3/b6-5+/t17-,18+,19+,20+/m1/s1. The summed E-state index contributed by atoms with van der Waals surface area (Å²) in [5.41, 5.74) is 0. The van der Waals surface area contributed by atoms with Gasteiger partial charge in [0.05, 0.1) is 13.2 Å². The van der Waals surface area contributed by atoms with E-state index in [1.807, 2.05) is 0 Å². The molecule has 5 nitrogen and oxygen atoms in total. The van der Waals surface area contributed by atoms with Crippen LogP contribution < -0.4 is 0 Å². The molecule has 3 N–H and O–H groups in total. The molecule has 0 spiro atoms. The average molecular weight is 359 g/mol. The monoisotopic (exact) mass is 358 g/mol. The van der Waals surface area contributed by atoms with Crippen molar-refractivity contribution in [1.29, 1.82) is 0 Å². The fraction of sp³-hybridized carbons (Fsp3) is 0.900. The van der Waals surface area contributed by atoms with Crippen LogP contribution >= 0.6 is 0 Å². The summed E-state index contributed by atoms with van der Waals surface area (Å²) in [5, 5.41) is 28.8. The summed E-state index contributed by atoms with van der Waals surface area (Å²) in [7, 11) is 0. The number of hydrogen-bond donors (Lipinski definition) is 3. The molecule has 0 amide bonds. The predicted molar refractivity (Wildman–Crippen MR) is 99.6 cm³/mol. The minimum absolute atomic E-state index is 0.0417. The Balaban J connectivity index is 1.85. The highest BCUT2D eigenvalue weighted by molar-refractivity contribution is 4.86. The Morgan fingerprint density at radius 3 is 2.24 bits per heavy atom. The molecule has 0 aromatic heterocycles. The van der Waals surface area contributed by atoms with Crippen molar-refractivity contribution in [3.8, 4) is 0 Å². The van der Waals surface area contributed by atoms with Crippen LogP contribution in [0.15, 0.2) is 12.2 Å². The van der Waals surface area contributed by atoms with E-state index in [1.54, 1.807) is 0 Å². The van der Waals surface area contributed by atoms with Crippen molar-refractivity contribution in [2.75, 3.05) is 19.8 Å². The van der Waals surface area contributed by atoms with Gasteiger partial charge in [-0.3, -0.25) is 0 Å². The molecule has 0 unspecified atom stereocenters. The van der Waals surface area contributed by atoms with E-state index in [-0.39, 0.29) is 13.2 Å². The molecule has 148 valence electrons. The van der Waals surface area contributed by atoms with Crippen LogP contribution in [0.3, 0.4) is 0 Å². The lowest BCUT2D eigenvalue weighted by Crippen LogP contribution is -2.54. The molecule has 1 aliphatic rings. The van der Waals surface area contributed by atoms with Crippen molar-refractivity contribution < 1.29 is 24.8 Å². The quantitative estimate of drug-likeness (QED) is 0.329. The number of aliphatic hydroxyl groups is 3. The van der Waals surface area contributed by atoms with Crippen molar-refractivity contribution in [3.05, 3.63) is 12.2 Å². The highest BCUT2D eigenvalue weighted by atomic mass is 16.6. The fourth-order valence-corrected chi connectivity index (χ4v) is 2.94. The zero-order valence-electron chi connectivity index (χ0n) is 15.8. The van der Waals surface area contributed by atoms with Gasteiger partial charge in [-0.05, 0) is 25.7 Å². The number of unbranched alkanes of at least 4 members (excludes halogenated alkanes) is 8. The van der Waals surface area contributed by atoms with Crippen molar-refractivity contribution in [2.24, 2.45) is 0 Å². The molecule has 1 fully saturated rings. The van der Waals surface area contributed by atoms with Crippen molar-refractivity contribution in [2.45, 2.75) is 95.5 Å². The third kappa shape index (κ3) is 10.3. The molecule has 0 aromatic carbocycles. The van der Waals surface area contributed by atoms with Gasteiger partial charge in [0.2, 0.25) is 0 Å². The van der Waals surface area contributed by atoms with Crippen LogP contribution in [0.4, 0.5) is 0 Å². The summed E-state index contributed by atoms with van der Waals surface area (Å²) in [6.07, 6.45) is 13.1. The molecule has 1 heterocycles. The van der Waals surface area contributed by atoms with E-state index in [2.05, 4.69) is 19.1 Å². The molecule has 0 aromatic rings. The Kier molecular flexibility index (Phi) is 13.3. The van der Waals surface area contributed by atoms with E-state index in [0.717, 1.165) is 12.8 Å². The van der Waals surface area contributed by atoms with Crippen LogP contribution in [-0.4, -0.2) is 59.6 Å². The maximum absolute atomic E-state index is 9.79. The van der Waals surface area contributed by atoms with Crippen LogP contribution in [0.2, 0.25) is 0 Å². The van der Waals surface area contributed by atoms with Crippen molar-refractivity contribution in [1.82, 2.24) is 0 Å². The largest absolute Gasteiger partial charge is 0.388 e. The summed E-state index contributed by atoms with van der Waals surface area (Å²) < 4.78 is 10.8. The third-order valence-corrected chi connectivity index (χ3v) is 4.69. The van der Waals surface area contributed by atoms with Crippen LogP contribution in [0.5, 0.6) is 0 Å². The van der Waals surface area contributed by atoms with Crippen molar-refractivity contribution in [3.63, 3.8) is 0 Å². The van der Waals surface area contributed by atoms with Gasteiger partial charge in [-0.15, -0.1) is 0 Å². The van der Waals surface area contributed by atoms with E-state index >= 15 is 0 Å². The second-order valence-electron chi connectivity index (χ2n) is 7.02. The number of ether oxygens (including phenoxy) is 2. The number of rotatable bonds is 14. The molecule has 5 heteroatoms. The van der Waals surface area contributed by atoms with Gasteiger partial charge in [-0.2, -0.15) is 0 Å². The van der Waals surface area contributed by atoms with Gasteiger partial charge in [0.25, 0.3) is 0 Å². The highest BCUT2D eigenvalue weighted by Gasteiger charge is 2.37. The minimum atomic E-state index is -1.15. The van der Waals surface area contributed by atoms with Gasteiger partial charge in [0.15, 0.2) is 0 Å². The fourth-order valence-electron chi connectivity index (χ4n) is 2.94. The maximum Gasteiger partial charge on any atom is 0.111 e. The molecule has 0 aliphatic carbocycles. The third-order valence-electron chi connectivity index (χ3n) is 4.69. The first-order valence-electron chi connectivity index (χ1n) is 10.0. The Morgan fingerprint density at radius 2 is 1.52 bits per heavy atom. The summed E-state index contributed by atoms with van der Waals surface area (Å²) in [4.78, 5) is 0. The SMILES string of the molecule is CCCC/C=C/CCCCCCCCOC[C@@H]1OC[C@@H](O)[C@H](O)[C@H]1O. The first kappa shape index (κ1) is 22.6. The van der Waals surface area contributed by atoms with Gasteiger partial charge in [0.1, 0.15) is 24.4 Å². The normalized spacial score (nSPS) is 27.2. The number of allylic oxidation sites excluding steroid dienone is 2. The molecule has 25 heavy (non-hydrogen) atoms. The van der Waals surface area contributed by atoms with E-state index < -0.39 is 24.4 Å². The molecule has 1 rings (SSSR count). The summed E-state index contributed by atoms with van der Waals surface area (Å²) in [6, 6.07) is 0. The topological polar surface area (TPSA) is 79.2 Å². The lowest BCUT2D eigenvalue weighted by molar-refractivity contribution is -0.199. The smallest absolute Gasteiger partial charge is 0.111 e.